The fourth-order valence-corrected chi connectivity index (χ4v) is 5.40. The highest BCUT2D eigenvalue weighted by atomic mass is 32.1. The lowest BCUT2D eigenvalue weighted by atomic mass is 9.69. The van der Waals surface area contributed by atoms with Crippen LogP contribution >= 0.6 is 11.3 Å². The minimum Gasteiger partial charge on any atom is -0.466 e. The number of benzene rings is 1. The van der Waals surface area contributed by atoms with E-state index in [0.717, 1.165) is 16.1 Å². The molecule has 30 heavy (non-hydrogen) atoms. The number of nitrogens with one attached hydrogen (secondary N) is 1. The molecule has 0 saturated carbocycles. The summed E-state index contributed by atoms with van der Waals surface area (Å²) >= 11 is 1.65. The molecular weight excluding hydrogens is 402 g/mol. The van der Waals surface area contributed by atoms with E-state index in [-0.39, 0.29) is 18.5 Å². The molecule has 5 rings (SSSR count). The number of thiophene rings is 1. The van der Waals surface area contributed by atoms with Gasteiger partial charge in [0.25, 0.3) is 0 Å². The van der Waals surface area contributed by atoms with E-state index < -0.39 is 17.8 Å². The number of esters is 1. The van der Waals surface area contributed by atoms with Crippen molar-refractivity contribution in [3.8, 4) is 11.5 Å². The fourth-order valence-electron chi connectivity index (χ4n) is 4.61. The van der Waals surface area contributed by atoms with Crippen LogP contribution in [0.25, 0.3) is 0 Å². The van der Waals surface area contributed by atoms with Crippen molar-refractivity contribution in [1.82, 2.24) is 5.32 Å². The largest absolute Gasteiger partial charge is 0.466 e. The van der Waals surface area contributed by atoms with Crippen LogP contribution in [-0.2, 0) is 14.3 Å². The third-order valence-electron chi connectivity index (χ3n) is 5.93. The van der Waals surface area contributed by atoms with E-state index in [2.05, 4.69) is 17.5 Å². The van der Waals surface area contributed by atoms with Gasteiger partial charge >= 0.3 is 5.97 Å². The van der Waals surface area contributed by atoms with E-state index in [0.29, 0.717) is 29.2 Å². The highest BCUT2D eigenvalue weighted by molar-refractivity contribution is 7.10. The quantitative estimate of drug-likeness (QED) is 0.756. The SMILES string of the molecule is COC(=O)C1=C(C)NC2=CC(c3cccs3)CC(=O)C2C1c1ccc2c(c1)OCO2. The smallest absolute Gasteiger partial charge is 0.336 e. The first kappa shape index (κ1) is 18.9. The first-order valence-electron chi connectivity index (χ1n) is 9.80. The Morgan fingerprint density at radius 3 is 2.80 bits per heavy atom. The second-order valence-electron chi connectivity index (χ2n) is 7.64. The molecule has 7 heteroatoms. The monoisotopic (exact) mass is 423 g/mol. The number of allylic oxidation sites excluding steroid dienone is 3. The normalized spacial score (nSPS) is 24.8. The highest BCUT2D eigenvalue weighted by Gasteiger charge is 2.45. The fraction of sp³-hybridized carbons (Fsp3) is 0.304. The summed E-state index contributed by atoms with van der Waals surface area (Å²) in [5, 5.41) is 5.35. The van der Waals surface area contributed by atoms with Gasteiger partial charge in [0.15, 0.2) is 11.5 Å². The van der Waals surface area contributed by atoms with Crippen molar-refractivity contribution >= 4 is 23.1 Å². The first-order chi connectivity index (χ1) is 14.6. The van der Waals surface area contributed by atoms with Crippen LogP contribution in [0.4, 0.5) is 0 Å². The number of carbonyl (C=O) groups excluding carboxylic acids is 2. The van der Waals surface area contributed by atoms with Gasteiger partial charge in [-0.15, -0.1) is 11.3 Å². The Kier molecular flexibility index (Phi) is 4.62. The highest BCUT2D eigenvalue weighted by Crippen LogP contribution is 2.48. The minimum absolute atomic E-state index is 0.0427. The number of fused-ring (bicyclic) bond motifs is 2. The molecule has 0 fully saturated rings. The van der Waals surface area contributed by atoms with E-state index in [4.69, 9.17) is 14.2 Å². The molecule has 1 aromatic carbocycles. The van der Waals surface area contributed by atoms with Crippen LogP contribution in [0.15, 0.2) is 58.8 Å². The zero-order valence-electron chi connectivity index (χ0n) is 16.6. The average Bonchev–Trinajstić information content (AvgIpc) is 3.43. The number of Topliss-reactive ketones (excluding diaryl/α,β-unsaturated/α-hetero) is 1. The molecule has 3 unspecified atom stereocenters. The molecule has 1 aromatic heterocycles. The van der Waals surface area contributed by atoms with Gasteiger partial charge in [0, 0.05) is 34.5 Å². The van der Waals surface area contributed by atoms with E-state index in [9.17, 15) is 9.59 Å². The van der Waals surface area contributed by atoms with E-state index in [1.54, 1.807) is 11.3 Å². The lowest BCUT2D eigenvalue weighted by Gasteiger charge is -2.39. The maximum Gasteiger partial charge on any atom is 0.336 e. The van der Waals surface area contributed by atoms with Crippen molar-refractivity contribution < 1.29 is 23.8 Å². The molecule has 0 radical (unpaired) electrons. The Morgan fingerprint density at radius 1 is 1.20 bits per heavy atom. The third-order valence-corrected chi connectivity index (χ3v) is 6.94. The molecule has 6 nitrogen and oxygen atoms in total. The summed E-state index contributed by atoms with van der Waals surface area (Å²) < 4.78 is 16.0. The summed E-state index contributed by atoms with van der Waals surface area (Å²) in [5.41, 5.74) is 2.85. The molecule has 3 heterocycles. The van der Waals surface area contributed by atoms with Crippen LogP contribution in [-0.4, -0.2) is 25.7 Å². The number of ketones is 1. The molecule has 1 aliphatic carbocycles. The number of rotatable bonds is 3. The predicted molar refractivity (Wildman–Crippen MR) is 111 cm³/mol. The van der Waals surface area contributed by atoms with Gasteiger partial charge in [-0.05, 0) is 36.1 Å². The lowest BCUT2D eigenvalue weighted by Crippen LogP contribution is -2.41. The van der Waals surface area contributed by atoms with E-state index >= 15 is 0 Å². The van der Waals surface area contributed by atoms with Crippen molar-refractivity contribution in [2.45, 2.75) is 25.2 Å². The summed E-state index contributed by atoms with van der Waals surface area (Å²) in [6.07, 6.45) is 2.54. The molecule has 0 saturated heterocycles. The molecule has 0 amide bonds. The van der Waals surface area contributed by atoms with Crippen LogP contribution in [0.3, 0.4) is 0 Å². The Balaban J connectivity index is 1.64. The standard InChI is InChI=1S/C23H21NO5S/c1-12-20(23(26)27-2)21(13-5-6-17-18(10-13)29-11-28-17)22-15(24-12)8-14(9-16(22)25)19-4-3-7-30-19/h3-8,10,14,21-22,24H,9,11H2,1-2H3. The van der Waals surface area contributed by atoms with E-state index in [1.165, 1.54) is 7.11 Å². The first-order valence-corrected chi connectivity index (χ1v) is 10.7. The molecule has 2 aliphatic heterocycles. The van der Waals surface area contributed by atoms with Crippen molar-refractivity contribution in [2.24, 2.45) is 5.92 Å². The van der Waals surface area contributed by atoms with Gasteiger partial charge in [-0.25, -0.2) is 4.79 Å². The van der Waals surface area contributed by atoms with Crippen molar-refractivity contribution in [2.75, 3.05) is 13.9 Å². The second-order valence-corrected chi connectivity index (χ2v) is 8.62. The maximum atomic E-state index is 13.4. The number of hydrogen-bond donors (Lipinski definition) is 1. The molecule has 3 atom stereocenters. The molecule has 0 bridgehead atoms. The van der Waals surface area contributed by atoms with Crippen LogP contribution in [0, 0.1) is 5.92 Å². The Hall–Kier alpha value is -3.06. The van der Waals surface area contributed by atoms with Crippen molar-refractivity contribution in [3.63, 3.8) is 0 Å². The van der Waals surface area contributed by atoms with Gasteiger partial charge in [-0.2, -0.15) is 0 Å². The summed E-state index contributed by atoms with van der Waals surface area (Å²) in [7, 11) is 1.36. The van der Waals surface area contributed by atoms with Gasteiger partial charge in [0.05, 0.1) is 18.6 Å². The molecular formula is C23H21NO5S. The van der Waals surface area contributed by atoms with Crippen LogP contribution in [0.2, 0.25) is 0 Å². The second kappa shape index (κ2) is 7.32. The Labute approximate surface area is 178 Å². The molecule has 154 valence electrons. The minimum atomic E-state index is -0.473. The van der Waals surface area contributed by atoms with Gasteiger partial charge in [-0.3, -0.25) is 4.79 Å². The van der Waals surface area contributed by atoms with Crippen LogP contribution in [0.5, 0.6) is 11.5 Å². The predicted octanol–water partition coefficient (Wildman–Crippen LogP) is 3.87. The van der Waals surface area contributed by atoms with E-state index in [1.807, 2.05) is 36.6 Å². The zero-order chi connectivity index (χ0) is 20.8. The maximum absolute atomic E-state index is 13.4. The van der Waals surface area contributed by atoms with Gasteiger partial charge in [-0.1, -0.05) is 18.2 Å². The summed E-state index contributed by atoms with van der Waals surface area (Å²) in [6, 6.07) is 9.65. The lowest BCUT2D eigenvalue weighted by molar-refractivity contribution is -0.136. The topological polar surface area (TPSA) is 73.9 Å². The van der Waals surface area contributed by atoms with Crippen LogP contribution < -0.4 is 14.8 Å². The van der Waals surface area contributed by atoms with Gasteiger partial charge < -0.3 is 19.5 Å². The Bertz CT molecular complexity index is 1090. The molecule has 1 N–H and O–H groups in total. The average molecular weight is 423 g/mol. The molecule has 3 aliphatic rings. The van der Waals surface area contributed by atoms with Gasteiger partial charge in [0.1, 0.15) is 5.78 Å². The number of ether oxygens (including phenoxy) is 3. The summed E-state index contributed by atoms with van der Waals surface area (Å²) in [5.74, 6) is 0.0799. The molecule has 0 spiro atoms. The zero-order valence-corrected chi connectivity index (χ0v) is 17.5. The third kappa shape index (κ3) is 3.01. The van der Waals surface area contributed by atoms with Crippen molar-refractivity contribution in [3.05, 3.63) is 69.2 Å². The van der Waals surface area contributed by atoms with Crippen LogP contribution in [0.1, 0.15) is 35.6 Å². The summed E-state index contributed by atoms with van der Waals surface area (Å²) in [4.78, 5) is 27.3. The summed E-state index contributed by atoms with van der Waals surface area (Å²) in [6.45, 7) is 2.02. The van der Waals surface area contributed by atoms with Crippen molar-refractivity contribution in [1.29, 1.82) is 0 Å². The number of carbonyl (C=O) groups is 2. The van der Waals surface area contributed by atoms with Gasteiger partial charge in [0.2, 0.25) is 6.79 Å². The number of methoxy groups -OCH3 is 1. The molecule has 2 aromatic rings. The number of hydrogen-bond acceptors (Lipinski definition) is 7. The Morgan fingerprint density at radius 2 is 2.03 bits per heavy atom.